The number of carbonyl (C=O) groups excluding carboxylic acids is 1. The van der Waals surface area contributed by atoms with Gasteiger partial charge in [0.1, 0.15) is 5.69 Å². The Morgan fingerprint density at radius 1 is 1.67 bits per heavy atom. The van der Waals surface area contributed by atoms with Crippen molar-refractivity contribution in [3.63, 3.8) is 0 Å². The molecule has 5 nitrogen and oxygen atoms in total. The highest BCUT2D eigenvalue weighted by Crippen LogP contribution is 1.92. The fourth-order valence-electron chi connectivity index (χ4n) is 1.01. The summed E-state index contributed by atoms with van der Waals surface area (Å²) in [6, 6.07) is 0. The van der Waals surface area contributed by atoms with Crippen LogP contribution in [0.25, 0.3) is 0 Å². The quantitative estimate of drug-likeness (QED) is 0.570. The minimum atomic E-state index is -0.190. The van der Waals surface area contributed by atoms with E-state index in [0.717, 1.165) is 0 Å². The number of amides is 1. The largest absolute Gasteiger partial charge is 0.378 e. The number of halogens is 1. The van der Waals surface area contributed by atoms with E-state index >= 15 is 0 Å². The van der Waals surface area contributed by atoms with Crippen LogP contribution in [0.3, 0.4) is 0 Å². The lowest BCUT2D eigenvalue weighted by Gasteiger charge is -2.03. The van der Waals surface area contributed by atoms with Crippen molar-refractivity contribution in [3.8, 4) is 0 Å². The van der Waals surface area contributed by atoms with Crippen LogP contribution in [-0.2, 0) is 11.8 Å². The molecule has 6 heteroatoms. The third-order valence-electron chi connectivity index (χ3n) is 1.69. The number of hydrogen-bond donors (Lipinski definition) is 1. The molecule has 84 valence electrons. The van der Waals surface area contributed by atoms with Crippen molar-refractivity contribution in [1.29, 1.82) is 0 Å². The van der Waals surface area contributed by atoms with Crippen LogP contribution in [0.5, 0.6) is 0 Å². The topological polar surface area (TPSA) is 56.2 Å². The van der Waals surface area contributed by atoms with E-state index in [2.05, 4.69) is 10.3 Å². The highest BCUT2D eigenvalue weighted by atomic mass is 35.5. The molecule has 0 radical (unpaired) electrons. The average molecular weight is 232 g/mol. The first-order valence-electron chi connectivity index (χ1n) is 4.64. The first-order valence-corrected chi connectivity index (χ1v) is 5.17. The Morgan fingerprint density at radius 2 is 2.47 bits per heavy atom. The maximum absolute atomic E-state index is 11.4. The Labute approximate surface area is 93.4 Å². The number of ether oxygens (including phenoxy) is 1. The molecular formula is C9H14ClN3O2. The van der Waals surface area contributed by atoms with Gasteiger partial charge in [0.2, 0.25) is 0 Å². The van der Waals surface area contributed by atoms with E-state index in [1.165, 1.54) is 0 Å². The summed E-state index contributed by atoms with van der Waals surface area (Å²) >= 11 is 5.42. The van der Waals surface area contributed by atoms with Gasteiger partial charge in [0.05, 0.1) is 19.5 Å². The molecule has 1 N–H and O–H groups in total. The van der Waals surface area contributed by atoms with Gasteiger partial charge in [-0.1, -0.05) is 0 Å². The number of nitrogens with one attached hydrogen (secondary N) is 1. The van der Waals surface area contributed by atoms with Gasteiger partial charge in [-0.2, -0.15) is 0 Å². The summed E-state index contributed by atoms with van der Waals surface area (Å²) in [4.78, 5) is 15.3. The molecule has 1 heterocycles. The zero-order chi connectivity index (χ0) is 11.1. The number of alkyl halides is 1. The summed E-state index contributed by atoms with van der Waals surface area (Å²) in [5.41, 5.74) is 0.412. The first-order chi connectivity index (χ1) is 7.24. The van der Waals surface area contributed by atoms with Gasteiger partial charge in [0.15, 0.2) is 0 Å². The predicted octanol–water partition coefficient (Wildman–Crippen LogP) is 0.405. The molecule has 0 aliphatic carbocycles. The van der Waals surface area contributed by atoms with Crippen LogP contribution in [0.1, 0.15) is 10.5 Å². The Hall–Kier alpha value is -1.07. The van der Waals surface area contributed by atoms with E-state index < -0.39 is 0 Å². The highest BCUT2D eigenvalue weighted by Gasteiger charge is 2.06. The molecule has 0 aliphatic rings. The molecule has 15 heavy (non-hydrogen) atoms. The van der Waals surface area contributed by atoms with Crippen LogP contribution in [0.15, 0.2) is 12.5 Å². The van der Waals surface area contributed by atoms with E-state index in [1.807, 2.05) is 7.05 Å². The fraction of sp³-hybridized carbons (Fsp3) is 0.556. The van der Waals surface area contributed by atoms with Crippen LogP contribution >= 0.6 is 11.6 Å². The zero-order valence-electron chi connectivity index (χ0n) is 8.57. The van der Waals surface area contributed by atoms with Crippen molar-refractivity contribution < 1.29 is 9.53 Å². The third kappa shape index (κ3) is 4.31. The molecule has 1 aromatic rings. The van der Waals surface area contributed by atoms with Crippen LogP contribution in [0.4, 0.5) is 0 Å². The Balaban J connectivity index is 2.19. The van der Waals surface area contributed by atoms with Crippen molar-refractivity contribution >= 4 is 17.5 Å². The molecule has 1 rings (SSSR count). The van der Waals surface area contributed by atoms with Crippen LogP contribution in [0, 0.1) is 0 Å². The normalized spacial score (nSPS) is 10.3. The molecule has 1 aromatic heterocycles. The SMILES string of the molecule is Cn1cnc(C(=O)NCCOCCCl)c1. The zero-order valence-corrected chi connectivity index (χ0v) is 9.33. The Kier molecular flexibility index (Phi) is 5.14. The fourth-order valence-corrected chi connectivity index (χ4v) is 1.12. The average Bonchev–Trinajstić information content (AvgIpc) is 2.64. The lowest BCUT2D eigenvalue weighted by molar-refractivity contribution is 0.0919. The van der Waals surface area contributed by atoms with Crippen LogP contribution in [-0.4, -0.2) is 41.1 Å². The summed E-state index contributed by atoms with van der Waals surface area (Å²) in [6.45, 7) is 1.43. The molecule has 1 amide bonds. The lowest BCUT2D eigenvalue weighted by atomic mass is 10.4. The van der Waals surface area contributed by atoms with Gasteiger partial charge in [-0.15, -0.1) is 11.6 Å². The molecule has 0 saturated heterocycles. The molecule has 0 fully saturated rings. The van der Waals surface area contributed by atoms with Crippen LogP contribution in [0.2, 0.25) is 0 Å². The summed E-state index contributed by atoms with van der Waals surface area (Å²) in [7, 11) is 1.81. The number of imidazole rings is 1. The maximum atomic E-state index is 11.4. The van der Waals surface area contributed by atoms with Gasteiger partial charge in [0, 0.05) is 25.7 Å². The first kappa shape index (κ1) is 12.0. The Morgan fingerprint density at radius 3 is 3.07 bits per heavy atom. The number of nitrogens with zero attached hydrogens (tertiary/aromatic N) is 2. The Bertz CT molecular complexity index is 314. The molecular weight excluding hydrogens is 218 g/mol. The number of hydrogen-bond acceptors (Lipinski definition) is 3. The van der Waals surface area contributed by atoms with Crippen LogP contribution < -0.4 is 5.32 Å². The smallest absolute Gasteiger partial charge is 0.271 e. The molecule has 0 aromatic carbocycles. The van der Waals surface area contributed by atoms with Gasteiger partial charge in [-0.3, -0.25) is 4.79 Å². The number of carbonyl (C=O) groups is 1. The monoisotopic (exact) mass is 231 g/mol. The summed E-state index contributed by atoms with van der Waals surface area (Å²) in [6.07, 6.45) is 3.24. The minimum Gasteiger partial charge on any atom is -0.378 e. The van der Waals surface area contributed by atoms with E-state index in [0.29, 0.717) is 31.3 Å². The third-order valence-corrected chi connectivity index (χ3v) is 1.85. The van der Waals surface area contributed by atoms with Crippen molar-refractivity contribution in [3.05, 3.63) is 18.2 Å². The van der Waals surface area contributed by atoms with E-state index in [-0.39, 0.29) is 5.91 Å². The standard InChI is InChI=1S/C9H14ClN3O2/c1-13-6-8(12-7-13)9(14)11-3-5-15-4-2-10/h6-7H,2-5H2,1H3,(H,11,14). The highest BCUT2D eigenvalue weighted by molar-refractivity contribution is 6.17. The van der Waals surface area contributed by atoms with Crippen molar-refractivity contribution in [2.75, 3.05) is 25.6 Å². The number of rotatable bonds is 6. The summed E-state index contributed by atoms with van der Waals surface area (Å²) < 4.78 is 6.82. The number of aromatic nitrogens is 2. The lowest BCUT2D eigenvalue weighted by Crippen LogP contribution is -2.27. The molecule has 0 bridgehead atoms. The van der Waals surface area contributed by atoms with Gasteiger partial charge < -0.3 is 14.6 Å². The molecule has 0 spiro atoms. The maximum Gasteiger partial charge on any atom is 0.271 e. The number of aryl methyl sites for hydroxylation is 1. The van der Waals surface area contributed by atoms with Gasteiger partial charge in [0.25, 0.3) is 5.91 Å². The second-order valence-corrected chi connectivity index (χ2v) is 3.36. The molecule has 0 aliphatic heterocycles. The molecule has 0 saturated carbocycles. The van der Waals surface area contributed by atoms with Gasteiger partial charge in [-0.25, -0.2) is 4.98 Å². The minimum absolute atomic E-state index is 0.190. The second-order valence-electron chi connectivity index (χ2n) is 2.98. The summed E-state index contributed by atoms with van der Waals surface area (Å²) in [5, 5.41) is 2.69. The van der Waals surface area contributed by atoms with Gasteiger partial charge >= 0.3 is 0 Å². The van der Waals surface area contributed by atoms with Crippen molar-refractivity contribution in [2.24, 2.45) is 7.05 Å². The molecule has 0 atom stereocenters. The van der Waals surface area contributed by atoms with E-state index in [9.17, 15) is 4.79 Å². The van der Waals surface area contributed by atoms with E-state index in [1.54, 1.807) is 17.1 Å². The predicted molar refractivity (Wildman–Crippen MR) is 57.1 cm³/mol. The van der Waals surface area contributed by atoms with Gasteiger partial charge in [-0.05, 0) is 0 Å². The van der Waals surface area contributed by atoms with Crippen molar-refractivity contribution in [1.82, 2.24) is 14.9 Å². The second kappa shape index (κ2) is 6.42. The molecule has 0 unspecified atom stereocenters. The summed E-state index contributed by atoms with van der Waals surface area (Å²) in [5.74, 6) is 0.277. The van der Waals surface area contributed by atoms with Crippen molar-refractivity contribution in [2.45, 2.75) is 0 Å². The van der Waals surface area contributed by atoms with E-state index in [4.69, 9.17) is 16.3 Å².